The summed E-state index contributed by atoms with van der Waals surface area (Å²) in [6, 6.07) is 0. The monoisotopic (exact) mass is 201 g/mol. The molecule has 63 valence electrons. The number of rotatable bonds is 5. The van der Waals surface area contributed by atoms with Crippen LogP contribution in [0.2, 0.25) is 0 Å². The molecule has 0 aliphatic heterocycles. The summed E-state index contributed by atoms with van der Waals surface area (Å²) < 4.78 is 0. The molecule has 0 aromatic rings. The van der Waals surface area contributed by atoms with Crippen molar-refractivity contribution in [2.75, 3.05) is 0 Å². The van der Waals surface area contributed by atoms with Crippen LogP contribution in [0.15, 0.2) is 0 Å². The molecular weight excluding hydrogens is 196 g/mol. The molecular formula is C5H5FeO5. The Kier molecular flexibility index (Phi) is 2.56. The van der Waals surface area contributed by atoms with E-state index in [-0.39, 0.29) is 25.9 Å². The molecule has 0 radical (unpaired) electrons. The van der Waals surface area contributed by atoms with Crippen molar-refractivity contribution in [2.45, 2.75) is 0 Å². The van der Waals surface area contributed by atoms with Gasteiger partial charge in [-0.25, -0.2) is 0 Å². The van der Waals surface area contributed by atoms with Crippen LogP contribution >= 0.6 is 0 Å². The van der Waals surface area contributed by atoms with Gasteiger partial charge in [-0.1, -0.05) is 0 Å². The third-order valence-corrected chi connectivity index (χ3v) is 3.97. The molecule has 0 rings (SSSR count). The Morgan fingerprint density at radius 1 is 0.545 bits per heavy atom. The first-order chi connectivity index (χ1) is 5.12. The van der Waals surface area contributed by atoms with E-state index < -0.39 is 11.8 Å². The van der Waals surface area contributed by atoms with Gasteiger partial charge in [0.05, 0.1) is 0 Å². The van der Waals surface area contributed by atoms with Crippen molar-refractivity contribution in [2.24, 2.45) is 0 Å². The standard InChI is InChI=1S/5CHO.Fe/c5*1-2;/h5*1H;. The van der Waals surface area contributed by atoms with Crippen molar-refractivity contribution in [1.29, 1.82) is 0 Å². The van der Waals surface area contributed by atoms with Crippen molar-refractivity contribution >= 4 is 25.9 Å². The molecule has 5 nitrogen and oxygen atoms in total. The van der Waals surface area contributed by atoms with Crippen molar-refractivity contribution in [3.8, 4) is 0 Å². The molecule has 0 bridgehead atoms. The number of hydrogen-bond acceptors (Lipinski definition) is 5. The van der Waals surface area contributed by atoms with E-state index in [1.54, 1.807) is 0 Å². The zero-order chi connectivity index (χ0) is 8.98. The van der Waals surface area contributed by atoms with Crippen LogP contribution in [0.4, 0.5) is 0 Å². The van der Waals surface area contributed by atoms with Crippen LogP contribution in [-0.2, 0) is 35.8 Å². The Balaban J connectivity index is 5.51. The van der Waals surface area contributed by atoms with Crippen molar-refractivity contribution < 1.29 is 35.8 Å². The van der Waals surface area contributed by atoms with Crippen molar-refractivity contribution in [3.63, 3.8) is 0 Å². The van der Waals surface area contributed by atoms with E-state index in [2.05, 4.69) is 0 Å². The normalized spacial score (nSPS) is 13.6. The molecule has 0 heterocycles. The van der Waals surface area contributed by atoms with E-state index in [0.717, 1.165) is 0 Å². The van der Waals surface area contributed by atoms with Gasteiger partial charge in [0.1, 0.15) is 0 Å². The maximum absolute atomic E-state index is 10.2. The molecule has 0 aliphatic rings. The van der Waals surface area contributed by atoms with E-state index in [1.165, 1.54) is 0 Å². The molecule has 0 fully saturated rings. The van der Waals surface area contributed by atoms with Crippen molar-refractivity contribution in [3.05, 3.63) is 0 Å². The summed E-state index contributed by atoms with van der Waals surface area (Å²) in [5.74, 6) is 0. The SMILES string of the molecule is O=[CH][Fe]([CH]=O)([CH]=O)([CH]=O)[CH]=O. The average Bonchev–Trinajstić information content (AvgIpc) is 2.12. The minimum absolute atomic E-state index is 0.150. The van der Waals surface area contributed by atoms with Crippen LogP contribution < -0.4 is 0 Å². The van der Waals surface area contributed by atoms with Crippen LogP contribution in [0, 0.1) is 0 Å². The van der Waals surface area contributed by atoms with Crippen LogP contribution in [0.3, 0.4) is 0 Å². The molecule has 0 amide bonds. The third kappa shape index (κ3) is 1.18. The fraction of sp³-hybridized carbons (Fsp3) is 0. The molecule has 0 aromatic heterocycles. The Morgan fingerprint density at radius 2 is 0.727 bits per heavy atom. The van der Waals surface area contributed by atoms with Crippen LogP contribution in [0.5, 0.6) is 0 Å². The molecule has 0 aliphatic carbocycles. The van der Waals surface area contributed by atoms with Crippen LogP contribution in [0.1, 0.15) is 0 Å². The van der Waals surface area contributed by atoms with Crippen LogP contribution in [0.25, 0.3) is 0 Å². The van der Waals surface area contributed by atoms with Gasteiger partial charge in [0.15, 0.2) is 0 Å². The van der Waals surface area contributed by atoms with E-state index in [9.17, 15) is 24.0 Å². The van der Waals surface area contributed by atoms with E-state index >= 15 is 0 Å². The summed E-state index contributed by atoms with van der Waals surface area (Å²) in [5.41, 5.74) is 0. The molecule has 0 atom stereocenters. The molecule has 0 N–H and O–H groups in total. The fourth-order valence-corrected chi connectivity index (χ4v) is 0.810. The number of carbonyl (C=O) groups excluding carboxylic acids is 5. The van der Waals surface area contributed by atoms with Gasteiger partial charge in [0, 0.05) is 0 Å². The predicted molar refractivity (Wildman–Crippen MR) is 33.8 cm³/mol. The van der Waals surface area contributed by atoms with Gasteiger partial charge in [0.25, 0.3) is 0 Å². The second-order valence-corrected chi connectivity index (χ2v) is 6.58. The second kappa shape index (κ2) is 2.86. The summed E-state index contributed by atoms with van der Waals surface area (Å²) in [4.78, 5) is 51.1. The van der Waals surface area contributed by atoms with E-state index in [0.29, 0.717) is 0 Å². The summed E-state index contributed by atoms with van der Waals surface area (Å²) in [5, 5.41) is -0.750. The van der Waals surface area contributed by atoms with E-state index in [1.807, 2.05) is 0 Å². The zero-order valence-electron chi connectivity index (χ0n) is 5.28. The van der Waals surface area contributed by atoms with E-state index in [4.69, 9.17) is 0 Å². The second-order valence-electron chi connectivity index (χ2n) is 1.60. The first-order valence-corrected chi connectivity index (χ1v) is 5.39. The molecule has 6 heteroatoms. The maximum atomic E-state index is 10.2. The Bertz CT molecular complexity index is 169. The summed E-state index contributed by atoms with van der Waals surface area (Å²) in [7, 11) is 0. The summed E-state index contributed by atoms with van der Waals surface area (Å²) in [6.45, 7) is 0. The average molecular weight is 201 g/mol. The summed E-state index contributed by atoms with van der Waals surface area (Å²) >= 11 is -4.71. The van der Waals surface area contributed by atoms with Gasteiger partial charge in [-0.05, 0) is 0 Å². The topological polar surface area (TPSA) is 85.3 Å². The quantitative estimate of drug-likeness (QED) is 0.404. The van der Waals surface area contributed by atoms with Gasteiger partial charge in [-0.3, -0.25) is 0 Å². The van der Waals surface area contributed by atoms with Crippen LogP contribution in [-0.4, -0.2) is 25.9 Å². The minimum atomic E-state index is -4.71. The molecule has 11 heavy (non-hydrogen) atoms. The fourth-order valence-electron chi connectivity index (χ4n) is 0.196. The molecule has 0 spiro atoms. The van der Waals surface area contributed by atoms with Crippen molar-refractivity contribution in [1.82, 2.24) is 0 Å². The van der Waals surface area contributed by atoms with Gasteiger partial charge in [0.2, 0.25) is 0 Å². The number of hydrogen-bond donors (Lipinski definition) is 0. The van der Waals surface area contributed by atoms with Gasteiger partial charge >= 0.3 is 61.7 Å². The Hall–Kier alpha value is -1.13. The molecule has 0 saturated carbocycles. The Morgan fingerprint density at radius 3 is 0.727 bits per heavy atom. The number of carbonyl (C=O) groups is 5. The first kappa shape index (κ1) is 9.87. The van der Waals surface area contributed by atoms with Gasteiger partial charge < -0.3 is 0 Å². The zero-order valence-corrected chi connectivity index (χ0v) is 6.39. The Labute approximate surface area is 62.3 Å². The predicted octanol–water partition coefficient (Wildman–Crippen LogP) is -1.37. The molecule has 0 unspecified atom stereocenters. The molecule has 0 saturated heterocycles. The molecule has 0 aromatic carbocycles. The van der Waals surface area contributed by atoms with Gasteiger partial charge in [-0.2, -0.15) is 0 Å². The summed E-state index contributed by atoms with van der Waals surface area (Å²) in [6.07, 6.45) is 0. The first-order valence-electron chi connectivity index (χ1n) is 2.20. The third-order valence-electron chi connectivity index (χ3n) is 0.962. The van der Waals surface area contributed by atoms with Gasteiger partial charge in [-0.15, -0.1) is 0 Å².